The maximum absolute atomic E-state index is 13.1. The van der Waals surface area contributed by atoms with E-state index in [4.69, 9.17) is 21.1 Å². The number of benzene rings is 2. The molecule has 2 amide bonds. The zero-order valence-electron chi connectivity index (χ0n) is 17.3. The number of aryl methyl sites for hydroxylation is 1. The number of fused-ring (bicyclic) bond motifs is 1. The Morgan fingerprint density at radius 2 is 1.77 bits per heavy atom. The molecule has 31 heavy (non-hydrogen) atoms. The van der Waals surface area contributed by atoms with Gasteiger partial charge in [0.15, 0.2) is 11.5 Å². The van der Waals surface area contributed by atoms with Crippen molar-refractivity contribution in [3.63, 3.8) is 0 Å². The first kappa shape index (κ1) is 20.3. The second-order valence-corrected chi connectivity index (χ2v) is 8.63. The minimum Gasteiger partial charge on any atom is -0.454 e. The molecule has 2 aromatic carbocycles. The highest BCUT2D eigenvalue weighted by Crippen LogP contribution is 2.33. The number of carbonyl (C=O) groups excluding carboxylic acids is 2. The molecule has 0 N–H and O–H groups in total. The molecule has 162 valence electrons. The maximum atomic E-state index is 13.1. The summed E-state index contributed by atoms with van der Waals surface area (Å²) in [6.07, 6.45) is 0.215. The number of hydrogen-bond acceptors (Lipinski definition) is 6. The van der Waals surface area contributed by atoms with E-state index in [0.29, 0.717) is 10.7 Å². The number of ether oxygens (including phenoxy) is 2. The molecule has 3 heterocycles. The van der Waals surface area contributed by atoms with E-state index in [1.807, 2.05) is 25.1 Å². The molecule has 2 aromatic rings. The number of imide groups is 1. The summed E-state index contributed by atoms with van der Waals surface area (Å²) in [5.74, 6) is 1.26. The van der Waals surface area contributed by atoms with Crippen LogP contribution < -0.4 is 14.4 Å². The van der Waals surface area contributed by atoms with Gasteiger partial charge in [0.25, 0.3) is 5.91 Å². The molecule has 0 saturated carbocycles. The first-order valence-corrected chi connectivity index (χ1v) is 10.9. The third-order valence-corrected chi connectivity index (χ3v) is 6.63. The Kier molecular flexibility index (Phi) is 5.33. The van der Waals surface area contributed by atoms with Crippen LogP contribution in [-0.2, 0) is 16.1 Å². The zero-order valence-corrected chi connectivity index (χ0v) is 18.1. The van der Waals surface area contributed by atoms with Gasteiger partial charge in [-0.2, -0.15) is 0 Å². The Morgan fingerprint density at radius 3 is 2.55 bits per heavy atom. The number of halogens is 1. The van der Waals surface area contributed by atoms with Gasteiger partial charge in [-0.05, 0) is 42.3 Å². The van der Waals surface area contributed by atoms with Crippen LogP contribution in [0.2, 0.25) is 5.02 Å². The predicted octanol–water partition coefficient (Wildman–Crippen LogP) is 2.83. The molecule has 5 rings (SSSR count). The summed E-state index contributed by atoms with van der Waals surface area (Å²) in [6.45, 7) is 6.15. The van der Waals surface area contributed by atoms with Crippen LogP contribution in [0.1, 0.15) is 17.5 Å². The van der Waals surface area contributed by atoms with Crippen LogP contribution in [0.25, 0.3) is 0 Å². The van der Waals surface area contributed by atoms with Crippen LogP contribution in [0.4, 0.5) is 5.69 Å². The minimum atomic E-state index is -0.403. The first-order valence-electron chi connectivity index (χ1n) is 10.5. The van der Waals surface area contributed by atoms with E-state index in [1.54, 1.807) is 12.1 Å². The van der Waals surface area contributed by atoms with E-state index in [-0.39, 0.29) is 25.0 Å². The van der Waals surface area contributed by atoms with Gasteiger partial charge in [-0.1, -0.05) is 23.7 Å². The smallest absolute Gasteiger partial charge is 0.251 e. The van der Waals surface area contributed by atoms with Gasteiger partial charge in [0.1, 0.15) is 0 Å². The fraction of sp³-hybridized carbons (Fsp3) is 0.391. The molecule has 3 aliphatic rings. The van der Waals surface area contributed by atoms with E-state index < -0.39 is 6.04 Å². The summed E-state index contributed by atoms with van der Waals surface area (Å²) in [4.78, 5) is 31.5. The molecule has 1 unspecified atom stereocenters. The quantitative estimate of drug-likeness (QED) is 0.680. The molecule has 0 aromatic heterocycles. The molecule has 0 aliphatic carbocycles. The highest BCUT2D eigenvalue weighted by molar-refractivity contribution is 6.32. The average Bonchev–Trinajstić information content (AvgIpc) is 3.34. The summed E-state index contributed by atoms with van der Waals surface area (Å²) in [7, 11) is 0. The molecular weight excluding hydrogens is 418 g/mol. The number of amides is 2. The van der Waals surface area contributed by atoms with E-state index in [2.05, 4.69) is 15.9 Å². The van der Waals surface area contributed by atoms with Crippen molar-refractivity contribution < 1.29 is 19.1 Å². The average molecular weight is 442 g/mol. The molecule has 0 bridgehead atoms. The maximum Gasteiger partial charge on any atom is 0.251 e. The topological polar surface area (TPSA) is 62.3 Å². The molecule has 2 fully saturated rings. The van der Waals surface area contributed by atoms with E-state index in [0.717, 1.165) is 49.8 Å². The normalized spacial score (nSPS) is 21.9. The van der Waals surface area contributed by atoms with Gasteiger partial charge >= 0.3 is 0 Å². The SMILES string of the molecule is Cc1ccc(N2C(=O)CC(N3CCN(Cc4ccc5c(c4)OCO5)CC3)C2=O)cc1Cl. The van der Waals surface area contributed by atoms with Gasteiger partial charge in [-0.3, -0.25) is 19.4 Å². The zero-order chi connectivity index (χ0) is 21.5. The van der Waals surface area contributed by atoms with Gasteiger partial charge in [0, 0.05) is 37.7 Å². The summed E-state index contributed by atoms with van der Waals surface area (Å²) in [5.41, 5.74) is 2.64. The van der Waals surface area contributed by atoms with Gasteiger partial charge in [0.05, 0.1) is 18.2 Å². The first-order chi connectivity index (χ1) is 15.0. The highest BCUT2D eigenvalue weighted by atomic mass is 35.5. The minimum absolute atomic E-state index is 0.158. The highest BCUT2D eigenvalue weighted by Gasteiger charge is 2.43. The molecule has 0 radical (unpaired) electrons. The summed E-state index contributed by atoms with van der Waals surface area (Å²) >= 11 is 6.21. The molecule has 3 aliphatic heterocycles. The van der Waals surface area contributed by atoms with Crippen molar-refractivity contribution in [2.45, 2.75) is 25.9 Å². The second kappa shape index (κ2) is 8.15. The fourth-order valence-corrected chi connectivity index (χ4v) is 4.60. The van der Waals surface area contributed by atoms with Crippen molar-refractivity contribution in [2.75, 3.05) is 37.9 Å². The molecule has 8 heteroatoms. The molecule has 1 atom stereocenters. The van der Waals surface area contributed by atoms with Crippen LogP contribution in [-0.4, -0.2) is 60.6 Å². The van der Waals surface area contributed by atoms with Gasteiger partial charge in [0.2, 0.25) is 12.7 Å². The third-order valence-electron chi connectivity index (χ3n) is 6.23. The van der Waals surface area contributed by atoms with Crippen molar-refractivity contribution in [3.8, 4) is 11.5 Å². The van der Waals surface area contributed by atoms with Crippen molar-refractivity contribution in [2.24, 2.45) is 0 Å². The summed E-state index contributed by atoms with van der Waals surface area (Å²) < 4.78 is 10.8. The standard InChI is InChI=1S/C23H24ClN3O4/c1-15-2-4-17(11-18(15)24)27-22(28)12-19(23(27)29)26-8-6-25(7-9-26)13-16-3-5-20-21(10-16)31-14-30-20/h2-5,10-11,19H,6-9,12-14H2,1H3. The Bertz CT molecular complexity index is 1040. The Balaban J connectivity index is 1.21. The lowest BCUT2D eigenvalue weighted by Gasteiger charge is -2.37. The van der Waals surface area contributed by atoms with Gasteiger partial charge < -0.3 is 9.47 Å². The number of carbonyl (C=O) groups is 2. The lowest BCUT2D eigenvalue weighted by atomic mass is 10.1. The number of hydrogen-bond donors (Lipinski definition) is 0. The van der Waals surface area contributed by atoms with Crippen LogP contribution in [0.5, 0.6) is 11.5 Å². The molecule has 7 nitrogen and oxygen atoms in total. The van der Waals surface area contributed by atoms with Crippen molar-refractivity contribution >= 4 is 29.1 Å². The molecule has 0 spiro atoms. The Morgan fingerprint density at radius 1 is 1.00 bits per heavy atom. The van der Waals surface area contributed by atoms with Crippen molar-refractivity contribution in [3.05, 3.63) is 52.5 Å². The largest absolute Gasteiger partial charge is 0.454 e. The number of nitrogens with zero attached hydrogens (tertiary/aromatic N) is 3. The predicted molar refractivity (Wildman–Crippen MR) is 117 cm³/mol. The summed E-state index contributed by atoms with van der Waals surface area (Å²) in [5, 5.41) is 0.554. The molecule has 2 saturated heterocycles. The van der Waals surface area contributed by atoms with Crippen molar-refractivity contribution in [1.82, 2.24) is 9.80 Å². The number of anilines is 1. The monoisotopic (exact) mass is 441 g/mol. The van der Waals surface area contributed by atoms with E-state index in [1.165, 1.54) is 10.5 Å². The van der Waals surface area contributed by atoms with Crippen molar-refractivity contribution in [1.29, 1.82) is 0 Å². The van der Waals surface area contributed by atoms with E-state index in [9.17, 15) is 9.59 Å². The lowest BCUT2D eigenvalue weighted by Crippen LogP contribution is -2.52. The van der Waals surface area contributed by atoms with Crippen LogP contribution in [0.15, 0.2) is 36.4 Å². The second-order valence-electron chi connectivity index (χ2n) is 8.22. The van der Waals surface area contributed by atoms with Crippen LogP contribution in [0.3, 0.4) is 0 Å². The lowest BCUT2D eigenvalue weighted by molar-refractivity contribution is -0.123. The molecular formula is C23H24ClN3O4. The van der Waals surface area contributed by atoms with E-state index >= 15 is 0 Å². The van der Waals surface area contributed by atoms with Crippen LogP contribution >= 0.6 is 11.6 Å². The van der Waals surface area contributed by atoms with Gasteiger partial charge in [-0.25, -0.2) is 4.90 Å². The Hall–Kier alpha value is -2.61. The summed E-state index contributed by atoms with van der Waals surface area (Å²) in [6, 6.07) is 10.9. The number of rotatable bonds is 4. The third kappa shape index (κ3) is 3.89. The van der Waals surface area contributed by atoms with Gasteiger partial charge in [-0.15, -0.1) is 0 Å². The Labute approximate surface area is 186 Å². The van der Waals surface area contributed by atoms with Crippen LogP contribution in [0, 0.1) is 6.92 Å². The number of piperazine rings is 1. The fourth-order valence-electron chi connectivity index (χ4n) is 4.42.